The number of amides is 1. The van der Waals surface area contributed by atoms with Gasteiger partial charge < -0.3 is 5.32 Å². The van der Waals surface area contributed by atoms with Crippen molar-refractivity contribution < 1.29 is 13.2 Å². The molecule has 0 spiro atoms. The van der Waals surface area contributed by atoms with Crippen molar-refractivity contribution in [3.05, 3.63) is 102 Å². The molecule has 0 saturated carbocycles. The fraction of sp³-hybridized carbons (Fsp3) is 0.208. The third-order valence-corrected chi connectivity index (χ3v) is 6.74. The molecule has 3 aromatic carbocycles. The van der Waals surface area contributed by atoms with Gasteiger partial charge in [0, 0.05) is 7.05 Å². The SMILES string of the molecule is CN(CC(=O)N[C@@H](CCc1ccccc1)c1ccccc1)S(=O)(=O)c1ccccc1. The van der Waals surface area contributed by atoms with Crippen LogP contribution in [-0.4, -0.2) is 32.2 Å². The van der Waals surface area contributed by atoms with Gasteiger partial charge in [0.25, 0.3) is 0 Å². The number of carbonyl (C=O) groups excluding carboxylic acids is 1. The largest absolute Gasteiger partial charge is 0.348 e. The number of carbonyl (C=O) groups is 1. The predicted octanol–water partition coefficient (Wildman–Crippen LogP) is 3.80. The first-order valence-electron chi connectivity index (χ1n) is 9.86. The van der Waals surface area contributed by atoms with Crippen molar-refractivity contribution in [1.29, 1.82) is 0 Å². The molecule has 0 radical (unpaired) electrons. The first-order chi connectivity index (χ1) is 14.5. The molecule has 0 saturated heterocycles. The summed E-state index contributed by atoms with van der Waals surface area (Å²) in [6.07, 6.45) is 1.52. The number of rotatable bonds is 9. The lowest BCUT2D eigenvalue weighted by Gasteiger charge is -2.22. The fourth-order valence-corrected chi connectivity index (χ4v) is 4.41. The van der Waals surface area contributed by atoms with Gasteiger partial charge in [-0.1, -0.05) is 78.9 Å². The molecular formula is C24H26N2O3S. The van der Waals surface area contributed by atoms with Crippen molar-refractivity contribution in [2.45, 2.75) is 23.8 Å². The maximum absolute atomic E-state index is 12.7. The van der Waals surface area contributed by atoms with Gasteiger partial charge in [0.15, 0.2) is 0 Å². The number of benzene rings is 3. The molecule has 1 amide bonds. The number of nitrogens with one attached hydrogen (secondary N) is 1. The van der Waals surface area contributed by atoms with Gasteiger partial charge in [0.05, 0.1) is 17.5 Å². The maximum Gasteiger partial charge on any atom is 0.243 e. The Kier molecular flexibility index (Phi) is 7.38. The van der Waals surface area contributed by atoms with E-state index in [0.29, 0.717) is 0 Å². The average Bonchev–Trinajstić information content (AvgIpc) is 2.78. The van der Waals surface area contributed by atoms with E-state index in [0.717, 1.165) is 22.7 Å². The molecule has 0 aliphatic rings. The van der Waals surface area contributed by atoms with Gasteiger partial charge in [-0.2, -0.15) is 4.31 Å². The number of sulfonamides is 1. The highest BCUT2D eigenvalue weighted by Crippen LogP contribution is 2.20. The Balaban J connectivity index is 1.68. The van der Waals surface area contributed by atoms with E-state index in [9.17, 15) is 13.2 Å². The number of hydrogen-bond acceptors (Lipinski definition) is 3. The van der Waals surface area contributed by atoms with Crippen molar-refractivity contribution in [3.8, 4) is 0 Å². The van der Waals surface area contributed by atoms with Crippen LogP contribution in [0.5, 0.6) is 0 Å². The third kappa shape index (κ3) is 5.78. The second-order valence-corrected chi connectivity index (χ2v) is 9.17. The van der Waals surface area contributed by atoms with Crippen molar-refractivity contribution >= 4 is 15.9 Å². The van der Waals surface area contributed by atoms with Gasteiger partial charge in [-0.15, -0.1) is 0 Å². The molecule has 3 aromatic rings. The van der Waals surface area contributed by atoms with E-state index in [1.165, 1.54) is 24.7 Å². The van der Waals surface area contributed by atoms with Crippen LogP contribution in [0.2, 0.25) is 0 Å². The zero-order valence-electron chi connectivity index (χ0n) is 16.9. The van der Waals surface area contributed by atoms with Gasteiger partial charge >= 0.3 is 0 Å². The standard InChI is InChI=1S/C24H26N2O3S/c1-26(30(28,29)22-15-9-4-10-16-22)19-24(27)25-23(21-13-7-3-8-14-21)18-17-20-11-5-2-6-12-20/h2-16,23H,17-19H2,1H3,(H,25,27)/t23-/m0/s1. The predicted molar refractivity (Wildman–Crippen MR) is 118 cm³/mol. The summed E-state index contributed by atoms with van der Waals surface area (Å²) >= 11 is 0. The minimum atomic E-state index is -3.72. The molecule has 0 unspecified atom stereocenters. The summed E-state index contributed by atoms with van der Waals surface area (Å²) in [4.78, 5) is 12.9. The van der Waals surface area contributed by atoms with Gasteiger partial charge in [0.1, 0.15) is 0 Å². The van der Waals surface area contributed by atoms with E-state index in [-0.39, 0.29) is 23.4 Å². The summed E-state index contributed by atoms with van der Waals surface area (Å²) in [5.41, 5.74) is 2.19. The number of likely N-dealkylation sites (N-methyl/N-ethyl adjacent to an activating group) is 1. The molecule has 0 bridgehead atoms. The average molecular weight is 423 g/mol. The summed E-state index contributed by atoms with van der Waals surface area (Å²) in [5.74, 6) is -0.334. The molecule has 156 valence electrons. The molecule has 1 N–H and O–H groups in total. The van der Waals surface area contributed by atoms with Crippen LogP contribution < -0.4 is 5.32 Å². The van der Waals surface area contributed by atoms with Crippen LogP contribution in [0.25, 0.3) is 0 Å². The Labute approximate surface area is 178 Å². The van der Waals surface area contributed by atoms with E-state index >= 15 is 0 Å². The molecule has 0 aromatic heterocycles. The van der Waals surface area contributed by atoms with Gasteiger partial charge in [0.2, 0.25) is 15.9 Å². The molecule has 5 nitrogen and oxygen atoms in total. The molecule has 1 atom stereocenters. The lowest BCUT2D eigenvalue weighted by molar-refractivity contribution is -0.121. The van der Waals surface area contributed by atoms with Crippen molar-refractivity contribution in [3.63, 3.8) is 0 Å². The fourth-order valence-electron chi connectivity index (χ4n) is 3.26. The third-order valence-electron chi connectivity index (χ3n) is 4.92. The topological polar surface area (TPSA) is 66.5 Å². The van der Waals surface area contributed by atoms with E-state index in [2.05, 4.69) is 17.4 Å². The highest BCUT2D eigenvalue weighted by molar-refractivity contribution is 7.89. The second kappa shape index (κ2) is 10.2. The Bertz CT molecular complexity index is 1040. The quantitative estimate of drug-likeness (QED) is 0.570. The normalized spacial score (nSPS) is 12.5. The van der Waals surface area contributed by atoms with Crippen molar-refractivity contribution in [2.75, 3.05) is 13.6 Å². The van der Waals surface area contributed by atoms with Crippen LogP contribution in [0.3, 0.4) is 0 Å². The zero-order chi connectivity index (χ0) is 21.4. The zero-order valence-corrected chi connectivity index (χ0v) is 17.8. The van der Waals surface area contributed by atoms with Gasteiger partial charge in [-0.3, -0.25) is 4.79 Å². The van der Waals surface area contributed by atoms with E-state index < -0.39 is 10.0 Å². The molecule has 0 fully saturated rings. The first-order valence-corrected chi connectivity index (χ1v) is 11.3. The molecule has 0 heterocycles. The smallest absolute Gasteiger partial charge is 0.243 e. The van der Waals surface area contributed by atoms with Crippen LogP contribution >= 0.6 is 0 Å². The van der Waals surface area contributed by atoms with Crippen LogP contribution in [0.15, 0.2) is 95.9 Å². The van der Waals surface area contributed by atoms with Crippen molar-refractivity contribution in [2.24, 2.45) is 0 Å². The molecule has 6 heteroatoms. The lowest BCUT2D eigenvalue weighted by Crippen LogP contribution is -2.40. The Morgan fingerprint density at radius 2 is 1.40 bits per heavy atom. The molecule has 0 aliphatic heterocycles. The number of aryl methyl sites for hydroxylation is 1. The molecule has 30 heavy (non-hydrogen) atoms. The first kappa shape index (κ1) is 21.7. The number of hydrogen-bond donors (Lipinski definition) is 1. The molecular weight excluding hydrogens is 396 g/mol. The summed E-state index contributed by atoms with van der Waals surface area (Å²) in [6.45, 7) is -0.244. The second-order valence-electron chi connectivity index (χ2n) is 7.13. The minimum Gasteiger partial charge on any atom is -0.348 e. The van der Waals surface area contributed by atoms with E-state index in [4.69, 9.17) is 0 Å². The Morgan fingerprint density at radius 1 is 0.867 bits per heavy atom. The Morgan fingerprint density at radius 3 is 2.00 bits per heavy atom. The summed E-state index contributed by atoms with van der Waals surface area (Å²) in [5, 5.41) is 3.01. The Hall–Kier alpha value is -2.96. The van der Waals surface area contributed by atoms with Crippen LogP contribution in [0, 0.1) is 0 Å². The van der Waals surface area contributed by atoms with Crippen molar-refractivity contribution in [1.82, 2.24) is 9.62 Å². The van der Waals surface area contributed by atoms with Gasteiger partial charge in [-0.25, -0.2) is 8.42 Å². The lowest BCUT2D eigenvalue weighted by atomic mass is 9.99. The summed E-state index contributed by atoms with van der Waals surface area (Å²) in [6, 6.07) is 27.8. The minimum absolute atomic E-state index is 0.170. The van der Waals surface area contributed by atoms with E-state index in [1.807, 2.05) is 48.5 Å². The highest BCUT2D eigenvalue weighted by atomic mass is 32.2. The molecule has 0 aliphatic carbocycles. The van der Waals surface area contributed by atoms with Crippen LogP contribution in [0.4, 0.5) is 0 Å². The molecule has 3 rings (SSSR count). The summed E-state index contributed by atoms with van der Waals surface area (Å²) < 4.78 is 26.4. The van der Waals surface area contributed by atoms with E-state index in [1.54, 1.807) is 18.2 Å². The number of nitrogens with zero attached hydrogens (tertiary/aromatic N) is 1. The van der Waals surface area contributed by atoms with Crippen LogP contribution in [-0.2, 0) is 21.2 Å². The highest BCUT2D eigenvalue weighted by Gasteiger charge is 2.24. The van der Waals surface area contributed by atoms with Crippen LogP contribution in [0.1, 0.15) is 23.6 Å². The van der Waals surface area contributed by atoms with Gasteiger partial charge in [-0.05, 0) is 36.1 Å². The monoisotopic (exact) mass is 422 g/mol. The maximum atomic E-state index is 12.7. The summed E-state index contributed by atoms with van der Waals surface area (Å²) in [7, 11) is -2.30.